The molecule has 5 saturated heterocycles. The number of unbranched alkanes of at least 4 members (excludes halogenated alkanes) is 8. The first-order valence-corrected chi connectivity index (χ1v) is 35.0. The van der Waals surface area contributed by atoms with E-state index < -0.39 is 225 Å². The van der Waals surface area contributed by atoms with Crippen LogP contribution in [0.2, 0.25) is 0 Å². The molecule has 0 unspecified atom stereocenters. The van der Waals surface area contributed by atoms with Gasteiger partial charge in [0.2, 0.25) is 0 Å². The van der Waals surface area contributed by atoms with Crippen LogP contribution in [0.3, 0.4) is 0 Å². The Balaban J connectivity index is 1.65. The predicted octanol–water partition coefficient (Wildman–Crippen LogP) is 5.15. The molecule has 5 aliphatic heterocycles. The van der Waals surface area contributed by atoms with Crippen LogP contribution < -0.4 is 0 Å². The molecule has 0 aliphatic carbocycles. The Morgan fingerprint density at radius 2 is 0.505 bits per heavy atom. The van der Waals surface area contributed by atoms with Gasteiger partial charge < -0.3 is 104 Å². The van der Waals surface area contributed by atoms with Gasteiger partial charge >= 0.3 is 71.6 Å². The molecule has 34 heteroatoms. The maximum atomic E-state index is 13.7. The van der Waals surface area contributed by atoms with Gasteiger partial charge in [0.15, 0.2) is 105 Å². The number of methoxy groups -OCH3 is 1. The van der Waals surface area contributed by atoms with Crippen molar-refractivity contribution in [1.29, 1.82) is 0 Å². The lowest BCUT2D eigenvalue weighted by Gasteiger charge is -2.52. The molecule has 103 heavy (non-hydrogen) atoms. The minimum atomic E-state index is -1.98. The fourth-order valence-corrected chi connectivity index (χ4v) is 13.1. The van der Waals surface area contributed by atoms with E-state index in [2.05, 4.69) is 6.92 Å². The molecule has 0 amide bonds. The minimum absolute atomic E-state index is 0.251. The van der Waals surface area contributed by atoms with E-state index in [4.69, 9.17) is 104 Å². The number of hydrogen-bond acceptors (Lipinski definition) is 34. The molecule has 0 aromatic heterocycles. The Morgan fingerprint density at radius 3 is 0.835 bits per heavy atom. The molecule has 0 aromatic carbocycles. The molecule has 5 fully saturated rings. The summed E-state index contributed by atoms with van der Waals surface area (Å²) in [6, 6.07) is 0. The molecule has 0 N–H and O–H groups in total. The van der Waals surface area contributed by atoms with Crippen LogP contribution in [0.25, 0.3) is 0 Å². The molecule has 34 nitrogen and oxygen atoms in total. The first-order valence-electron chi connectivity index (χ1n) is 35.0. The second-order valence-corrected chi connectivity index (χ2v) is 26.1. The highest BCUT2D eigenvalue weighted by molar-refractivity contribution is 5.71. The zero-order valence-electron chi connectivity index (χ0n) is 62.1. The van der Waals surface area contributed by atoms with Crippen LogP contribution >= 0.6 is 0 Å². The summed E-state index contributed by atoms with van der Waals surface area (Å²) in [5.74, 6) is -10.4. The van der Waals surface area contributed by atoms with E-state index in [-0.39, 0.29) is 5.97 Å². The molecule has 586 valence electrons. The summed E-state index contributed by atoms with van der Waals surface area (Å²) in [5, 5.41) is 0. The molecule has 5 rings (SSSR count). The average molecular weight is 1480 g/mol. The van der Waals surface area contributed by atoms with Crippen LogP contribution in [0.5, 0.6) is 0 Å². The summed E-state index contributed by atoms with van der Waals surface area (Å²) in [6.45, 7) is 20.9. The van der Waals surface area contributed by atoms with E-state index in [1.54, 1.807) is 6.92 Å². The molecular weight excluding hydrogens is 1370 g/mol. The Hall–Kier alpha value is -6.76. The fraction of sp³-hybridized carbons (Fsp3) is 0.826. The zero-order valence-corrected chi connectivity index (χ0v) is 62.1. The van der Waals surface area contributed by atoms with Gasteiger partial charge in [0.05, 0.1) is 43.7 Å². The van der Waals surface area contributed by atoms with Crippen molar-refractivity contribution in [1.82, 2.24) is 0 Å². The minimum Gasteiger partial charge on any atom is -0.469 e. The van der Waals surface area contributed by atoms with Crippen LogP contribution in [-0.2, 0) is 162 Å². The summed E-state index contributed by atoms with van der Waals surface area (Å²) in [7, 11) is 1.36. The number of esters is 12. The number of rotatable bonds is 35. The fourth-order valence-electron chi connectivity index (χ4n) is 13.1. The lowest BCUT2D eigenvalue weighted by molar-refractivity contribution is -0.399. The van der Waals surface area contributed by atoms with Crippen LogP contribution in [0.15, 0.2) is 0 Å². The highest BCUT2D eigenvalue weighted by atomic mass is 16.8. The number of carbonyl (C=O) groups is 12. The molecule has 0 aromatic rings. The Morgan fingerprint density at radius 1 is 0.272 bits per heavy atom. The topological polar surface area (TPSA) is 408 Å². The van der Waals surface area contributed by atoms with Gasteiger partial charge in [-0.2, -0.15) is 0 Å². The predicted molar refractivity (Wildman–Crippen MR) is 345 cm³/mol. The monoisotopic (exact) mass is 1480 g/mol. The lowest BCUT2D eigenvalue weighted by atomic mass is 9.95. The van der Waals surface area contributed by atoms with Crippen molar-refractivity contribution in [2.45, 2.75) is 361 Å². The van der Waals surface area contributed by atoms with Crippen molar-refractivity contribution in [3.8, 4) is 0 Å². The van der Waals surface area contributed by atoms with E-state index in [9.17, 15) is 57.5 Å². The van der Waals surface area contributed by atoms with Gasteiger partial charge in [-0.25, -0.2) is 0 Å². The van der Waals surface area contributed by atoms with Crippen LogP contribution in [0, 0.1) is 0 Å². The van der Waals surface area contributed by atoms with Gasteiger partial charge in [0.1, 0.15) is 18.3 Å². The van der Waals surface area contributed by atoms with Crippen molar-refractivity contribution >= 4 is 71.6 Å². The molecule has 5 aliphatic rings. The quantitative estimate of drug-likeness (QED) is 0.0449. The highest BCUT2D eigenvalue weighted by Gasteiger charge is 2.62. The summed E-state index contributed by atoms with van der Waals surface area (Å²) < 4.78 is 135. The van der Waals surface area contributed by atoms with Crippen LogP contribution in [0.4, 0.5) is 0 Å². The Kier molecular flexibility index (Phi) is 35.3. The first kappa shape index (κ1) is 86.9. The van der Waals surface area contributed by atoms with Crippen molar-refractivity contribution < 1.29 is 162 Å². The number of hydrogen-bond donors (Lipinski definition) is 0. The molecule has 0 spiro atoms. The van der Waals surface area contributed by atoms with E-state index in [0.29, 0.717) is 19.3 Å². The Bertz CT molecular complexity index is 2830. The van der Waals surface area contributed by atoms with Gasteiger partial charge in [-0.3, -0.25) is 57.5 Å². The second-order valence-electron chi connectivity index (χ2n) is 26.1. The summed E-state index contributed by atoms with van der Waals surface area (Å²) >= 11 is 0. The Labute approximate surface area is 599 Å². The van der Waals surface area contributed by atoms with Gasteiger partial charge in [0, 0.05) is 82.6 Å². The maximum absolute atomic E-state index is 13.7. The van der Waals surface area contributed by atoms with E-state index >= 15 is 0 Å². The molecule has 0 saturated carbocycles. The number of ether oxygens (including phenoxy) is 22. The summed E-state index contributed by atoms with van der Waals surface area (Å²) in [6.07, 6.45) is -31.1. The zero-order chi connectivity index (χ0) is 76.7. The van der Waals surface area contributed by atoms with Gasteiger partial charge in [-0.05, 0) is 53.9 Å². The van der Waals surface area contributed by atoms with Crippen LogP contribution in [0.1, 0.15) is 201 Å². The average Bonchev–Trinajstić information content (AvgIpc) is 0.824. The largest absolute Gasteiger partial charge is 0.469 e. The normalized spacial score (nSPS) is 33.8. The van der Waals surface area contributed by atoms with E-state index in [1.807, 2.05) is 0 Å². The smallest absolute Gasteiger partial charge is 0.305 e. The third-order valence-corrected chi connectivity index (χ3v) is 17.2. The van der Waals surface area contributed by atoms with E-state index in [1.165, 1.54) is 34.8 Å². The van der Waals surface area contributed by atoms with Crippen LogP contribution in [-0.4, -0.2) is 238 Å². The number of carbonyl (C=O) groups excluding carboxylic acids is 12. The molecule has 0 radical (unpaired) electrons. The lowest BCUT2D eigenvalue weighted by Crippen LogP contribution is -2.69. The SMILES string of the molecule is CCCCC[C@@H](CCCCCCCCCC(=O)OC)O[C@@H]1O[C@H](C)[C@H](OC(C)=O)[C@H](OC(C)=O)[C@H]1O[C@@H]1O[C@@H](C)[C@H](O[C@@H]2O[C@@H](C)[C@H](O[C@@H]3O[C@@H](C)[C@H](OC(C)=O)[C@@H](OC(C)=O)[C@H]3OC(C)=O)[C@@H](O[C@@H]3O[C@@H](C)[C@H](OC(C)=O)[C@@H](OC(C)=O)[C@H]3OC(C)=O)[C@H]2OC(C)=O)[C@@H](OC(C)=O)[C@H]1OC(C)=O. The van der Waals surface area contributed by atoms with Crippen molar-refractivity contribution in [2.24, 2.45) is 0 Å². The van der Waals surface area contributed by atoms with Gasteiger partial charge in [-0.1, -0.05) is 64.7 Å². The molecule has 26 atom stereocenters. The standard InChI is InChI=1S/C69H106O34/c1-19-20-26-29-48(30-27-24-22-21-23-25-28-31-49(81)82-18)99-65-64(57(93-42(12)75)52(32(2)83-65)90-39(9)72)103-69-62(97-46(16)79)58(94-43(13)76)53(35(5)87-69)100-67-63(98-47(17)80)59(102-68-61(96-45(15)78)56(92-41(11)74)51(34(4)85-68)89-38(8)71)54(36(6)86-67)101-66-60(95-44(14)77)55(91-40(10)73)50(33(3)84-66)88-37(7)70/h32-36,48,50-69H,19-31H2,1-18H3/t32-,33+,34+,35+,36+,48+,50+,51+,52+,53+,54+,55-,56-,57+,58-,59-,60-,61-,62-,63-,64-,65+,66+,67+,68+,69+/m1/s1. The summed E-state index contributed by atoms with van der Waals surface area (Å²) in [5.41, 5.74) is 0. The summed E-state index contributed by atoms with van der Waals surface area (Å²) in [4.78, 5) is 155. The van der Waals surface area contributed by atoms with Gasteiger partial charge in [-0.15, -0.1) is 0 Å². The van der Waals surface area contributed by atoms with Crippen molar-refractivity contribution in [2.75, 3.05) is 7.11 Å². The molecular formula is C69H106O34. The van der Waals surface area contributed by atoms with Gasteiger partial charge in [0.25, 0.3) is 0 Å². The molecule has 0 bridgehead atoms. The molecule has 5 heterocycles. The van der Waals surface area contributed by atoms with Crippen molar-refractivity contribution in [3.05, 3.63) is 0 Å². The third kappa shape index (κ3) is 26.7. The first-order chi connectivity index (χ1) is 48.5. The highest BCUT2D eigenvalue weighted by Crippen LogP contribution is 2.42. The van der Waals surface area contributed by atoms with E-state index in [0.717, 1.165) is 140 Å². The maximum Gasteiger partial charge on any atom is 0.305 e. The third-order valence-electron chi connectivity index (χ3n) is 17.2. The van der Waals surface area contributed by atoms with Crippen molar-refractivity contribution in [3.63, 3.8) is 0 Å². The second kappa shape index (κ2) is 41.8.